The van der Waals surface area contributed by atoms with E-state index in [0.717, 1.165) is 16.5 Å². The number of methoxy groups -OCH3 is 1. The lowest BCUT2D eigenvalue weighted by molar-refractivity contribution is 0.0607. The van der Waals surface area contributed by atoms with Crippen LogP contribution in [0.2, 0.25) is 0 Å². The Morgan fingerprint density at radius 2 is 2.25 bits per heavy atom. The molecular formula is C15H22N2O2S. The van der Waals surface area contributed by atoms with Crippen LogP contribution in [0.1, 0.15) is 60.2 Å². The second-order valence-electron chi connectivity index (χ2n) is 5.89. The normalized spacial score (nSPS) is 24.5. The Bertz CT molecular complexity index is 522. The molecule has 5 heteroatoms. The van der Waals surface area contributed by atoms with Crippen LogP contribution < -0.4 is 11.1 Å². The van der Waals surface area contributed by atoms with Gasteiger partial charge in [0.2, 0.25) is 0 Å². The van der Waals surface area contributed by atoms with Crippen LogP contribution in [0.3, 0.4) is 0 Å². The molecule has 2 saturated carbocycles. The summed E-state index contributed by atoms with van der Waals surface area (Å²) in [4.78, 5) is 12.4. The number of nitrogens with two attached hydrogens (primary N) is 1. The lowest BCUT2D eigenvalue weighted by Crippen LogP contribution is -2.05. The van der Waals surface area contributed by atoms with Crippen molar-refractivity contribution in [3.8, 4) is 0 Å². The molecule has 0 bridgehead atoms. The molecule has 1 aromatic heterocycles. The Hall–Kier alpha value is -1.23. The first-order valence-electron chi connectivity index (χ1n) is 7.42. The van der Waals surface area contributed by atoms with Gasteiger partial charge in [-0.3, -0.25) is 0 Å². The first-order chi connectivity index (χ1) is 9.65. The van der Waals surface area contributed by atoms with Crippen LogP contribution >= 0.6 is 11.3 Å². The summed E-state index contributed by atoms with van der Waals surface area (Å²) in [5, 5.41) is 4.72. The maximum Gasteiger partial charge on any atom is 0.350 e. The summed E-state index contributed by atoms with van der Waals surface area (Å²) in [6.45, 7) is 2.23. The highest BCUT2D eigenvalue weighted by Crippen LogP contribution is 2.52. The Balaban J connectivity index is 1.80. The number of nitrogens with one attached hydrogen (secondary N) is 1. The number of anilines is 2. The van der Waals surface area contributed by atoms with Crippen molar-refractivity contribution >= 4 is 28.0 Å². The number of esters is 1. The molecule has 2 atom stereocenters. The molecule has 0 radical (unpaired) electrons. The molecule has 3 N–H and O–H groups in total. The van der Waals surface area contributed by atoms with E-state index in [-0.39, 0.29) is 5.97 Å². The number of hydrogen-bond donors (Lipinski definition) is 2. The maximum atomic E-state index is 11.8. The predicted octanol–water partition coefficient (Wildman–Crippen LogP) is 3.59. The summed E-state index contributed by atoms with van der Waals surface area (Å²) in [7, 11) is 1.41. The second kappa shape index (κ2) is 5.28. The number of carbonyl (C=O) groups is 1. The number of hydrogen-bond acceptors (Lipinski definition) is 5. The Morgan fingerprint density at radius 3 is 2.85 bits per heavy atom. The van der Waals surface area contributed by atoms with Crippen molar-refractivity contribution in [2.24, 2.45) is 5.92 Å². The third-order valence-electron chi connectivity index (χ3n) is 4.24. The van der Waals surface area contributed by atoms with Gasteiger partial charge in [0.15, 0.2) is 0 Å². The molecule has 0 aromatic carbocycles. The van der Waals surface area contributed by atoms with Gasteiger partial charge in [-0.15, -0.1) is 11.3 Å². The van der Waals surface area contributed by atoms with Gasteiger partial charge in [-0.25, -0.2) is 4.79 Å². The predicted molar refractivity (Wildman–Crippen MR) is 82.5 cm³/mol. The highest BCUT2D eigenvalue weighted by molar-refractivity contribution is 7.18. The van der Waals surface area contributed by atoms with E-state index in [2.05, 4.69) is 12.2 Å². The molecule has 110 valence electrons. The molecule has 2 aliphatic rings. The first-order valence-corrected chi connectivity index (χ1v) is 8.24. The summed E-state index contributed by atoms with van der Waals surface area (Å²) in [5.74, 6) is 1.01. The highest BCUT2D eigenvalue weighted by Gasteiger charge is 2.39. The Morgan fingerprint density at radius 1 is 1.50 bits per heavy atom. The third-order valence-corrected chi connectivity index (χ3v) is 5.37. The van der Waals surface area contributed by atoms with Crippen molar-refractivity contribution in [2.45, 2.75) is 51.0 Å². The van der Waals surface area contributed by atoms with E-state index < -0.39 is 0 Å². The van der Waals surface area contributed by atoms with E-state index >= 15 is 0 Å². The van der Waals surface area contributed by atoms with Gasteiger partial charge in [-0.05, 0) is 37.5 Å². The van der Waals surface area contributed by atoms with Gasteiger partial charge >= 0.3 is 5.97 Å². The van der Waals surface area contributed by atoms with E-state index in [0.29, 0.717) is 22.5 Å². The molecule has 1 aromatic rings. The van der Waals surface area contributed by atoms with Crippen molar-refractivity contribution in [2.75, 3.05) is 18.2 Å². The van der Waals surface area contributed by atoms with Crippen molar-refractivity contribution in [1.29, 1.82) is 0 Å². The van der Waals surface area contributed by atoms with Crippen molar-refractivity contribution in [3.05, 3.63) is 10.4 Å². The molecule has 0 saturated heterocycles. The van der Waals surface area contributed by atoms with Crippen molar-refractivity contribution < 1.29 is 9.53 Å². The molecule has 0 amide bonds. The zero-order chi connectivity index (χ0) is 14.3. The smallest absolute Gasteiger partial charge is 0.350 e. The zero-order valence-electron chi connectivity index (χ0n) is 12.1. The maximum absolute atomic E-state index is 11.8. The van der Waals surface area contributed by atoms with E-state index in [1.54, 1.807) is 0 Å². The minimum Gasteiger partial charge on any atom is -0.465 e. The number of ether oxygens (including phenoxy) is 1. The van der Waals surface area contributed by atoms with Crippen LogP contribution in [0.25, 0.3) is 0 Å². The van der Waals surface area contributed by atoms with Crippen molar-refractivity contribution in [1.82, 2.24) is 0 Å². The van der Waals surface area contributed by atoms with Crippen LogP contribution in [0, 0.1) is 5.92 Å². The van der Waals surface area contributed by atoms with E-state index in [1.165, 1.54) is 50.6 Å². The topological polar surface area (TPSA) is 64.3 Å². The summed E-state index contributed by atoms with van der Waals surface area (Å²) >= 11 is 1.46. The fourth-order valence-electron chi connectivity index (χ4n) is 2.87. The van der Waals surface area contributed by atoms with Gasteiger partial charge in [0.05, 0.1) is 17.8 Å². The van der Waals surface area contributed by atoms with Crippen LogP contribution in [0.5, 0.6) is 0 Å². The summed E-state index contributed by atoms with van der Waals surface area (Å²) < 4.78 is 4.83. The zero-order valence-corrected chi connectivity index (χ0v) is 12.9. The van der Waals surface area contributed by atoms with E-state index in [4.69, 9.17) is 10.5 Å². The molecule has 0 aliphatic heterocycles. The second-order valence-corrected chi connectivity index (χ2v) is 6.91. The van der Waals surface area contributed by atoms with Gasteiger partial charge in [-0.1, -0.05) is 13.3 Å². The number of carbonyl (C=O) groups excluding carboxylic acids is 1. The summed E-state index contributed by atoms with van der Waals surface area (Å²) in [6.07, 6.45) is 6.11. The molecule has 20 heavy (non-hydrogen) atoms. The number of rotatable bonds is 6. The standard InChI is InChI=1S/C15H22N2O2S/c1-3-4-9-7-10(9)17-14-11(8-5-6-8)12(16)13(20-14)15(18)19-2/h8-10,17H,3-7,16H2,1-2H3. The summed E-state index contributed by atoms with van der Waals surface area (Å²) in [6, 6.07) is 0.566. The number of nitrogen functional groups attached to an aromatic ring is 1. The molecule has 2 fully saturated rings. The first kappa shape index (κ1) is 13.7. The van der Waals surface area contributed by atoms with Crippen LogP contribution in [0.4, 0.5) is 10.7 Å². The van der Waals surface area contributed by atoms with Gasteiger partial charge in [0.1, 0.15) is 4.88 Å². The molecule has 4 nitrogen and oxygen atoms in total. The minimum atomic E-state index is -0.316. The molecule has 0 spiro atoms. The van der Waals surface area contributed by atoms with E-state index in [9.17, 15) is 4.79 Å². The molecule has 1 heterocycles. The Labute approximate surface area is 123 Å². The number of thiophene rings is 1. The molecule has 3 rings (SSSR count). The molecular weight excluding hydrogens is 272 g/mol. The lowest BCUT2D eigenvalue weighted by Gasteiger charge is -2.06. The van der Waals surface area contributed by atoms with Gasteiger partial charge in [0.25, 0.3) is 0 Å². The van der Waals surface area contributed by atoms with E-state index in [1.807, 2.05) is 0 Å². The SMILES string of the molecule is CCCC1CC1Nc1sc(C(=O)OC)c(N)c1C1CC1. The average Bonchev–Trinajstić information content (AvgIpc) is 3.33. The van der Waals surface area contributed by atoms with Gasteiger partial charge < -0.3 is 15.8 Å². The summed E-state index contributed by atoms with van der Waals surface area (Å²) in [5.41, 5.74) is 7.98. The minimum absolute atomic E-state index is 0.316. The Kier molecular flexibility index (Phi) is 3.63. The largest absolute Gasteiger partial charge is 0.465 e. The van der Waals surface area contributed by atoms with Crippen molar-refractivity contribution in [3.63, 3.8) is 0 Å². The quantitative estimate of drug-likeness (QED) is 0.787. The van der Waals surface area contributed by atoms with Crippen LogP contribution in [-0.4, -0.2) is 19.1 Å². The van der Waals surface area contributed by atoms with Gasteiger partial charge in [0, 0.05) is 11.6 Å². The average molecular weight is 294 g/mol. The monoisotopic (exact) mass is 294 g/mol. The fourth-order valence-corrected chi connectivity index (χ4v) is 4.06. The van der Waals surface area contributed by atoms with Crippen LogP contribution in [-0.2, 0) is 4.74 Å². The lowest BCUT2D eigenvalue weighted by atomic mass is 10.1. The molecule has 2 unspecified atom stereocenters. The van der Waals surface area contributed by atoms with Gasteiger partial charge in [-0.2, -0.15) is 0 Å². The van der Waals surface area contributed by atoms with Crippen LogP contribution in [0.15, 0.2) is 0 Å². The molecule has 2 aliphatic carbocycles. The third kappa shape index (κ3) is 2.51. The highest BCUT2D eigenvalue weighted by atomic mass is 32.1. The fraction of sp³-hybridized carbons (Fsp3) is 0.667.